The summed E-state index contributed by atoms with van der Waals surface area (Å²) in [6, 6.07) is 7.63. The van der Waals surface area contributed by atoms with Crippen molar-refractivity contribution in [1.82, 2.24) is 0 Å². The second kappa shape index (κ2) is 9.14. The van der Waals surface area contributed by atoms with E-state index < -0.39 is 14.2 Å². The molecule has 0 fully saturated rings. The molecule has 0 aliphatic carbocycles. The maximum atomic E-state index is 12.6. The van der Waals surface area contributed by atoms with Gasteiger partial charge in [0, 0.05) is 5.33 Å². The molecule has 2 aromatic rings. The quantitative estimate of drug-likeness (QED) is 0.449. The Hall–Kier alpha value is -1.25. The average molecular weight is 387 g/mol. The van der Waals surface area contributed by atoms with Gasteiger partial charge in [0.05, 0.1) is 0 Å². The molecule has 23 heavy (non-hydrogen) atoms. The molecule has 9 heteroatoms. The lowest BCUT2D eigenvalue weighted by atomic mass is 9.77. The van der Waals surface area contributed by atoms with E-state index in [0.29, 0.717) is 27.4 Å². The van der Waals surface area contributed by atoms with Crippen LogP contribution in [0.5, 0.6) is 0 Å². The van der Waals surface area contributed by atoms with Crippen LogP contribution < -0.4 is 10.9 Å². The fourth-order valence-electron chi connectivity index (χ4n) is 1.87. The number of aryl methyl sites for hydroxylation is 1. The summed E-state index contributed by atoms with van der Waals surface area (Å²) in [5.74, 6) is -0.749. The molecule has 0 saturated carbocycles. The van der Waals surface area contributed by atoms with Gasteiger partial charge in [-0.1, -0.05) is 28.1 Å². The van der Waals surface area contributed by atoms with Crippen molar-refractivity contribution in [3.63, 3.8) is 0 Å². The van der Waals surface area contributed by atoms with E-state index in [1.54, 1.807) is 6.92 Å². The molecule has 0 spiro atoms. The minimum atomic E-state index is -1.54. The lowest BCUT2D eigenvalue weighted by Gasteiger charge is -2.04. The second-order valence-corrected chi connectivity index (χ2v) is 5.29. The summed E-state index contributed by atoms with van der Waals surface area (Å²) in [5, 5.41) is 35.5. The van der Waals surface area contributed by atoms with Gasteiger partial charge in [-0.2, -0.15) is 0 Å². The van der Waals surface area contributed by atoms with Gasteiger partial charge in [0.15, 0.2) is 0 Å². The molecule has 4 N–H and O–H groups in total. The van der Waals surface area contributed by atoms with Crippen LogP contribution in [0.4, 0.5) is 8.78 Å². The first kappa shape index (κ1) is 19.8. The summed E-state index contributed by atoms with van der Waals surface area (Å²) in [4.78, 5) is 0. The molecular formula is C14H15B2BrF2O4. The average Bonchev–Trinajstić information content (AvgIpc) is 2.46. The van der Waals surface area contributed by atoms with Gasteiger partial charge in [-0.15, -0.1) is 0 Å². The van der Waals surface area contributed by atoms with Crippen LogP contribution >= 0.6 is 15.9 Å². The van der Waals surface area contributed by atoms with Crippen LogP contribution in [0, 0.1) is 18.6 Å². The van der Waals surface area contributed by atoms with E-state index >= 15 is 0 Å². The minimum Gasteiger partial charge on any atom is -0.423 e. The van der Waals surface area contributed by atoms with Crippen LogP contribution in [-0.2, 0) is 5.33 Å². The molecule has 0 unspecified atom stereocenters. The van der Waals surface area contributed by atoms with Gasteiger partial charge in [-0.05, 0) is 53.2 Å². The second-order valence-electron chi connectivity index (χ2n) is 4.73. The zero-order chi connectivity index (χ0) is 17.6. The molecule has 0 heterocycles. The standard InChI is InChI=1S/C7H7BBrFO2.C7H8BFO2/c9-4-5-3-6(10)1-2-7(5)8(11)12;1-5-4-6(9)2-3-7(5)8(10)11/h1-3,11-12H,4H2;2-4,10-11H,1H3. The highest BCUT2D eigenvalue weighted by Gasteiger charge is 2.15. The van der Waals surface area contributed by atoms with Gasteiger partial charge in [-0.25, -0.2) is 8.78 Å². The summed E-state index contributed by atoms with van der Waals surface area (Å²) < 4.78 is 25.1. The molecule has 2 aromatic carbocycles. The summed E-state index contributed by atoms with van der Waals surface area (Å²) in [6.45, 7) is 1.62. The van der Waals surface area contributed by atoms with Crippen LogP contribution in [0.2, 0.25) is 0 Å². The zero-order valence-electron chi connectivity index (χ0n) is 12.2. The molecule has 0 aliphatic rings. The van der Waals surface area contributed by atoms with Crippen molar-refractivity contribution in [2.24, 2.45) is 0 Å². The Morgan fingerprint density at radius 3 is 1.78 bits per heavy atom. The van der Waals surface area contributed by atoms with Crippen LogP contribution in [0.25, 0.3) is 0 Å². The molecule has 0 aromatic heterocycles. The van der Waals surface area contributed by atoms with Gasteiger partial charge in [0.2, 0.25) is 0 Å². The third kappa shape index (κ3) is 6.04. The highest BCUT2D eigenvalue weighted by molar-refractivity contribution is 9.08. The van der Waals surface area contributed by atoms with Crippen molar-refractivity contribution in [2.45, 2.75) is 12.3 Å². The molecule has 0 saturated heterocycles. The lowest BCUT2D eigenvalue weighted by molar-refractivity contribution is 0.424. The van der Waals surface area contributed by atoms with E-state index in [-0.39, 0.29) is 11.6 Å². The Kier molecular flexibility index (Phi) is 7.87. The summed E-state index contributed by atoms with van der Waals surface area (Å²) >= 11 is 3.12. The molecule has 0 atom stereocenters. The first-order valence-electron chi connectivity index (χ1n) is 6.58. The van der Waals surface area contributed by atoms with E-state index in [9.17, 15) is 8.78 Å². The predicted molar refractivity (Wildman–Crippen MR) is 89.8 cm³/mol. The maximum Gasteiger partial charge on any atom is 0.488 e. The molecule has 122 valence electrons. The number of hydrogen-bond donors (Lipinski definition) is 4. The van der Waals surface area contributed by atoms with Gasteiger partial charge < -0.3 is 20.1 Å². The van der Waals surface area contributed by atoms with Crippen molar-refractivity contribution in [3.8, 4) is 0 Å². The number of halogens is 3. The molecule has 0 aliphatic heterocycles. The Labute approximate surface area is 141 Å². The molecule has 0 bridgehead atoms. The number of alkyl halides is 1. The molecule has 0 amide bonds. The van der Waals surface area contributed by atoms with Crippen LogP contribution in [0.3, 0.4) is 0 Å². The normalized spacial score (nSPS) is 9.91. The zero-order valence-corrected chi connectivity index (χ0v) is 13.8. The fourth-order valence-corrected chi connectivity index (χ4v) is 2.36. The topological polar surface area (TPSA) is 80.9 Å². The number of rotatable bonds is 3. The van der Waals surface area contributed by atoms with Gasteiger partial charge >= 0.3 is 14.2 Å². The van der Waals surface area contributed by atoms with E-state index in [1.165, 1.54) is 36.4 Å². The van der Waals surface area contributed by atoms with E-state index in [2.05, 4.69) is 15.9 Å². The van der Waals surface area contributed by atoms with Gasteiger partial charge in [0.1, 0.15) is 11.6 Å². The number of hydrogen-bond acceptors (Lipinski definition) is 4. The fraction of sp³-hybridized carbons (Fsp3) is 0.143. The first-order valence-corrected chi connectivity index (χ1v) is 7.71. The Balaban J connectivity index is 0.000000231. The first-order chi connectivity index (χ1) is 10.8. The van der Waals surface area contributed by atoms with Crippen LogP contribution in [0.15, 0.2) is 36.4 Å². The van der Waals surface area contributed by atoms with Crippen LogP contribution in [-0.4, -0.2) is 34.3 Å². The summed E-state index contributed by atoms with van der Waals surface area (Å²) in [6.07, 6.45) is 0. The Morgan fingerprint density at radius 1 is 0.870 bits per heavy atom. The van der Waals surface area contributed by atoms with Gasteiger partial charge in [0.25, 0.3) is 0 Å². The monoisotopic (exact) mass is 386 g/mol. The Morgan fingerprint density at radius 2 is 1.35 bits per heavy atom. The maximum absolute atomic E-state index is 12.6. The molecule has 4 nitrogen and oxygen atoms in total. The SMILES string of the molecule is Cc1cc(F)ccc1B(O)O.OB(O)c1ccc(F)cc1CBr. The third-order valence-electron chi connectivity index (χ3n) is 3.04. The summed E-state index contributed by atoms with van der Waals surface area (Å²) in [7, 11) is -3.06. The smallest absolute Gasteiger partial charge is 0.423 e. The molecule has 2 rings (SSSR count). The van der Waals surface area contributed by atoms with E-state index in [4.69, 9.17) is 20.1 Å². The lowest BCUT2D eigenvalue weighted by Crippen LogP contribution is -2.32. The third-order valence-corrected chi connectivity index (χ3v) is 3.64. The van der Waals surface area contributed by atoms with Crippen molar-refractivity contribution in [3.05, 3.63) is 59.2 Å². The largest absolute Gasteiger partial charge is 0.488 e. The highest BCUT2D eigenvalue weighted by atomic mass is 79.9. The van der Waals surface area contributed by atoms with Gasteiger partial charge in [-0.3, -0.25) is 0 Å². The number of benzene rings is 2. The van der Waals surface area contributed by atoms with E-state index in [0.717, 1.165) is 0 Å². The van der Waals surface area contributed by atoms with Crippen LogP contribution in [0.1, 0.15) is 11.1 Å². The van der Waals surface area contributed by atoms with Crippen molar-refractivity contribution in [2.75, 3.05) is 0 Å². The Bertz CT molecular complexity index is 657. The molecular weight excluding hydrogens is 372 g/mol. The van der Waals surface area contributed by atoms with Crippen molar-refractivity contribution >= 4 is 41.1 Å². The van der Waals surface area contributed by atoms with Crippen molar-refractivity contribution in [1.29, 1.82) is 0 Å². The van der Waals surface area contributed by atoms with E-state index in [1.807, 2.05) is 0 Å². The predicted octanol–water partition coefficient (Wildman–Crippen LogP) is 0.214. The summed E-state index contributed by atoms with van der Waals surface area (Å²) in [5.41, 5.74) is 1.75. The van der Waals surface area contributed by atoms with Crippen molar-refractivity contribution < 1.29 is 28.9 Å². The highest BCUT2D eigenvalue weighted by Crippen LogP contribution is 2.06. The minimum absolute atomic E-state index is 0.327. The molecule has 0 radical (unpaired) electrons.